The van der Waals surface area contributed by atoms with Gasteiger partial charge >= 0.3 is 5.97 Å². The largest absolute Gasteiger partial charge is 0.468 e. The fourth-order valence-electron chi connectivity index (χ4n) is 2.24. The van der Waals surface area contributed by atoms with Crippen LogP contribution >= 0.6 is 35.0 Å². The van der Waals surface area contributed by atoms with E-state index in [0.29, 0.717) is 31.8 Å². The zero-order chi connectivity index (χ0) is 18.0. The second kappa shape index (κ2) is 7.47. The molecule has 3 aromatic rings. The number of ether oxygens (including phenoxy) is 1. The number of esters is 1. The van der Waals surface area contributed by atoms with Gasteiger partial charge in [-0.25, -0.2) is 4.98 Å². The minimum Gasteiger partial charge on any atom is -0.468 e. The first-order valence-corrected chi connectivity index (χ1v) is 8.91. The molecule has 5 nitrogen and oxygen atoms in total. The highest BCUT2D eigenvalue weighted by molar-refractivity contribution is 7.99. The molecule has 3 rings (SSSR count). The predicted molar refractivity (Wildman–Crippen MR) is 100 cm³/mol. The van der Waals surface area contributed by atoms with Crippen LogP contribution in [0.4, 0.5) is 0 Å². The Balaban J connectivity index is 2.21. The zero-order valence-corrected chi connectivity index (χ0v) is 15.4. The minimum atomic E-state index is -0.409. The summed E-state index contributed by atoms with van der Waals surface area (Å²) in [5.74, 6) is -0.379. The highest BCUT2D eigenvalue weighted by Gasteiger charge is 2.15. The number of carbonyl (C=O) groups is 1. The summed E-state index contributed by atoms with van der Waals surface area (Å²) in [5.41, 5.74) is 0.817. The van der Waals surface area contributed by atoms with Gasteiger partial charge in [0.25, 0.3) is 5.56 Å². The highest BCUT2D eigenvalue weighted by Crippen LogP contribution is 2.24. The summed E-state index contributed by atoms with van der Waals surface area (Å²) in [6.45, 7) is 0. The third-order valence-corrected chi connectivity index (χ3v) is 4.83. The maximum Gasteiger partial charge on any atom is 0.316 e. The molecule has 0 spiro atoms. The Hall–Kier alpha value is -2.02. The molecule has 0 atom stereocenters. The summed E-state index contributed by atoms with van der Waals surface area (Å²) in [6, 6.07) is 11.7. The van der Waals surface area contributed by atoms with Crippen molar-refractivity contribution < 1.29 is 9.53 Å². The van der Waals surface area contributed by atoms with Gasteiger partial charge in [0.05, 0.1) is 29.5 Å². The van der Waals surface area contributed by atoms with Crippen LogP contribution in [0.1, 0.15) is 0 Å². The molecule has 0 bridgehead atoms. The molecule has 0 amide bonds. The lowest BCUT2D eigenvalue weighted by atomic mass is 10.2. The van der Waals surface area contributed by atoms with E-state index < -0.39 is 5.97 Å². The lowest BCUT2D eigenvalue weighted by molar-refractivity contribution is -0.137. The molecular weight excluding hydrogens is 383 g/mol. The molecule has 0 aliphatic rings. The average Bonchev–Trinajstić information content (AvgIpc) is 2.60. The number of carbonyl (C=O) groups excluding carboxylic acids is 1. The van der Waals surface area contributed by atoms with Crippen LogP contribution < -0.4 is 5.56 Å². The SMILES string of the molecule is COC(=O)CSc1nc2cc(Cl)ccc2c(=O)n1-c1ccc(Cl)cc1. The highest BCUT2D eigenvalue weighted by atomic mass is 35.5. The maximum absolute atomic E-state index is 13.0. The minimum absolute atomic E-state index is 0.0304. The van der Waals surface area contributed by atoms with Crippen LogP contribution in [0.25, 0.3) is 16.6 Å². The van der Waals surface area contributed by atoms with Crippen molar-refractivity contribution in [2.45, 2.75) is 5.16 Å². The molecule has 128 valence electrons. The van der Waals surface area contributed by atoms with Crippen molar-refractivity contribution in [1.29, 1.82) is 0 Å². The van der Waals surface area contributed by atoms with Crippen LogP contribution in [0.15, 0.2) is 52.4 Å². The summed E-state index contributed by atoms with van der Waals surface area (Å²) in [5, 5.41) is 1.84. The normalized spacial score (nSPS) is 10.8. The van der Waals surface area contributed by atoms with E-state index in [-0.39, 0.29) is 11.3 Å². The zero-order valence-electron chi connectivity index (χ0n) is 13.0. The second-order valence-corrected chi connectivity index (χ2v) is 6.85. The number of nitrogens with zero attached hydrogens (tertiary/aromatic N) is 2. The lowest BCUT2D eigenvalue weighted by Gasteiger charge is -2.13. The standard InChI is InChI=1S/C17H12Cl2N2O3S/c1-24-15(22)9-25-17-20-14-8-11(19)4-7-13(14)16(23)21(17)12-5-2-10(18)3-6-12/h2-8H,9H2,1H3. The van der Waals surface area contributed by atoms with Crippen LogP contribution in [0, 0.1) is 0 Å². The van der Waals surface area contributed by atoms with Crippen LogP contribution in [0.5, 0.6) is 0 Å². The van der Waals surface area contributed by atoms with E-state index in [9.17, 15) is 9.59 Å². The van der Waals surface area contributed by atoms with Crippen molar-refractivity contribution in [2.75, 3.05) is 12.9 Å². The maximum atomic E-state index is 13.0. The van der Waals surface area contributed by atoms with E-state index in [1.165, 1.54) is 11.7 Å². The van der Waals surface area contributed by atoms with Crippen LogP contribution in [0.3, 0.4) is 0 Å². The smallest absolute Gasteiger partial charge is 0.316 e. The fourth-order valence-corrected chi connectivity index (χ4v) is 3.37. The quantitative estimate of drug-likeness (QED) is 0.380. The number of halogens is 2. The Morgan fingerprint density at radius 2 is 1.84 bits per heavy atom. The molecule has 0 N–H and O–H groups in total. The summed E-state index contributed by atoms with van der Waals surface area (Å²) in [7, 11) is 1.31. The molecule has 25 heavy (non-hydrogen) atoms. The molecule has 8 heteroatoms. The molecule has 0 radical (unpaired) electrons. The number of hydrogen-bond donors (Lipinski definition) is 0. The first-order valence-electron chi connectivity index (χ1n) is 7.17. The number of rotatable bonds is 4. The van der Waals surface area contributed by atoms with Gasteiger partial charge < -0.3 is 4.74 Å². The van der Waals surface area contributed by atoms with E-state index >= 15 is 0 Å². The first-order chi connectivity index (χ1) is 12.0. The van der Waals surface area contributed by atoms with Crippen molar-refractivity contribution in [2.24, 2.45) is 0 Å². The molecule has 0 saturated heterocycles. The van der Waals surface area contributed by atoms with Gasteiger partial charge in [-0.2, -0.15) is 0 Å². The monoisotopic (exact) mass is 394 g/mol. The number of aromatic nitrogens is 2. The van der Waals surface area contributed by atoms with Gasteiger partial charge in [-0.05, 0) is 42.5 Å². The molecule has 0 fully saturated rings. The van der Waals surface area contributed by atoms with E-state index in [1.807, 2.05) is 0 Å². The number of fused-ring (bicyclic) bond motifs is 1. The van der Waals surface area contributed by atoms with Crippen molar-refractivity contribution in [1.82, 2.24) is 9.55 Å². The third kappa shape index (κ3) is 3.81. The summed E-state index contributed by atoms with van der Waals surface area (Å²) in [6.07, 6.45) is 0. The second-order valence-electron chi connectivity index (χ2n) is 5.04. The van der Waals surface area contributed by atoms with Gasteiger partial charge in [-0.15, -0.1) is 0 Å². The number of methoxy groups -OCH3 is 1. The van der Waals surface area contributed by atoms with E-state index in [0.717, 1.165) is 11.8 Å². The van der Waals surface area contributed by atoms with Gasteiger partial charge in [-0.3, -0.25) is 14.2 Å². The van der Waals surface area contributed by atoms with Gasteiger partial charge in [0, 0.05) is 10.0 Å². The Kier molecular flexibility index (Phi) is 5.32. The lowest BCUT2D eigenvalue weighted by Crippen LogP contribution is -2.22. The Bertz CT molecular complexity index is 1000. The van der Waals surface area contributed by atoms with Gasteiger partial charge in [0.1, 0.15) is 0 Å². The van der Waals surface area contributed by atoms with Gasteiger partial charge in [0.15, 0.2) is 5.16 Å². The molecular formula is C17H12Cl2N2O3S. The Morgan fingerprint density at radius 1 is 1.16 bits per heavy atom. The first kappa shape index (κ1) is 17.8. The fraction of sp³-hybridized carbons (Fsp3) is 0.118. The Labute approximate surface area is 157 Å². The summed E-state index contributed by atoms with van der Waals surface area (Å²) in [4.78, 5) is 29.0. The molecule has 1 aromatic heterocycles. The number of thioether (sulfide) groups is 1. The third-order valence-electron chi connectivity index (χ3n) is 3.43. The average molecular weight is 395 g/mol. The summed E-state index contributed by atoms with van der Waals surface area (Å²) < 4.78 is 6.10. The topological polar surface area (TPSA) is 61.2 Å². The Morgan fingerprint density at radius 3 is 2.52 bits per heavy atom. The van der Waals surface area contributed by atoms with E-state index in [1.54, 1.807) is 42.5 Å². The molecule has 1 heterocycles. The van der Waals surface area contributed by atoms with Crippen LogP contribution in [-0.2, 0) is 9.53 Å². The molecule has 0 unspecified atom stereocenters. The van der Waals surface area contributed by atoms with Gasteiger partial charge in [0.2, 0.25) is 0 Å². The van der Waals surface area contributed by atoms with E-state index in [2.05, 4.69) is 9.72 Å². The van der Waals surface area contributed by atoms with Crippen molar-refractivity contribution >= 4 is 51.8 Å². The molecule has 2 aromatic carbocycles. The van der Waals surface area contributed by atoms with Crippen molar-refractivity contribution in [3.8, 4) is 5.69 Å². The molecule has 0 aliphatic heterocycles. The van der Waals surface area contributed by atoms with Crippen molar-refractivity contribution in [3.63, 3.8) is 0 Å². The predicted octanol–water partition coefficient (Wildman–Crippen LogP) is 3.96. The van der Waals surface area contributed by atoms with Crippen LogP contribution in [-0.4, -0.2) is 28.4 Å². The summed E-state index contributed by atoms with van der Waals surface area (Å²) >= 11 is 13.0. The molecule has 0 saturated carbocycles. The number of benzene rings is 2. The van der Waals surface area contributed by atoms with E-state index in [4.69, 9.17) is 23.2 Å². The van der Waals surface area contributed by atoms with Crippen molar-refractivity contribution in [3.05, 3.63) is 62.9 Å². The van der Waals surface area contributed by atoms with Gasteiger partial charge in [-0.1, -0.05) is 35.0 Å². The number of hydrogen-bond acceptors (Lipinski definition) is 5. The van der Waals surface area contributed by atoms with Crippen LogP contribution in [0.2, 0.25) is 10.0 Å². The molecule has 0 aliphatic carbocycles.